The maximum Gasteiger partial charge on any atom is 0.293 e. The van der Waals surface area contributed by atoms with Crippen molar-refractivity contribution in [3.8, 4) is 0 Å². The van der Waals surface area contributed by atoms with Crippen LogP contribution in [0.5, 0.6) is 0 Å². The van der Waals surface area contributed by atoms with E-state index in [1.807, 2.05) is 43.5 Å². The summed E-state index contributed by atoms with van der Waals surface area (Å²) in [4.78, 5) is 14.3. The molecule has 0 spiro atoms. The summed E-state index contributed by atoms with van der Waals surface area (Å²) in [5.41, 5.74) is 1.44. The Morgan fingerprint density at radius 1 is 1.27 bits per heavy atom. The monoisotopic (exact) mass is 322 g/mol. The lowest BCUT2D eigenvalue weighted by atomic mass is 10.2. The molecule has 1 heterocycles. The summed E-state index contributed by atoms with van der Waals surface area (Å²) in [6, 6.07) is 7.30. The number of halogens is 2. The zero-order chi connectivity index (χ0) is 16.3. The first-order valence-electron chi connectivity index (χ1n) is 6.82. The van der Waals surface area contributed by atoms with Crippen molar-refractivity contribution in [2.45, 2.75) is 13.0 Å². The highest BCUT2D eigenvalue weighted by Crippen LogP contribution is 2.23. The Balaban J connectivity index is 2.11. The number of hydrogen-bond donors (Lipinski definition) is 1. The molecule has 0 unspecified atom stereocenters. The molecule has 0 saturated carbocycles. The zero-order valence-electron chi connectivity index (χ0n) is 12.7. The summed E-state index contributed by atoms with van der Waals surface area (Å²) in [5.74, 6) is -0.666. The number of carbonyl (C=O) groups is 1. The van der Waals surface area contributed by atoms with Crippen LogP contribution < -0.4 is 14.8 Å². The average molecular weight is 323 g/mol. The SMILES string of the molecule is C[C@@H](C(=O)Nc1ccc(F)cc1Cl)[n+]1ccc(N(C)C)cc1. The minimum atomic E-state index is -0.440. The number of rotatable bonds is 4. The highest BCUT2D eigenvalue weighted by Gasteiger charge is 2.22. The van der Waals surface area contributed by atoms with Crippen LogP contribution in [-0.4, -0.2) is 20.0 Å². The Morgan fingerprint density at radius 2 is 1.91 bits per heavy atom. The summed E-state index contributed by atoms with van der Waals surface area (Å²) in [5, 5.41) is 2.88. The van der Waals surface area contributed by atoms with E-state index in [1.165, 1.54) is 18.2 Å². The second kappa shape index (κ2) is 6.75. The van der Waals surface area contributed by atoms with Crippen molar-refractivity contribution in [2.24, 2.45) is 0 Å². The molecule has 22 heavy (non-hydrogen) atoms. The lowest BCUT2D eigenvalue weighted by Crippen LogP contribution is -2.44. The first kappa shape index (κ1) is 16.2. The van der Waals surface area contributed by atoms with Gasteiger partial charge < -0.3 is 10.2 Å². The van der Waals surface area contributed by atoms with Crippen LogP contribution >= 0.6 is 11.6 Å². The quantitative estimate of drug-likeness (QED) is 0.878. The van der Waals surface area contributed by atoms with Gasteiger partial charge in [0.25, 0.3) is 5.91 Å². The molecule has 0 saturated heterocycles. The minimum Gasteiger partial charge on any atom is -0.377 e. The predicted molar refractivity (Wildman–Crippen MR) is 85.7 cm³/mol. The largest absolute Gasteiger partial charge is 0.377 e. The molecule has 116 valence electrons. The number of nitrogens with one attached hydrogen (secondary N) is 1. The van der Waals surface area contributed by atoms with Crippen molar-refractivity contribution >= 4 is 28.9 Å². The molecule has 1 aromatic heterocycles. The topological polar surface area (TPSA) is 36.2 Å². The first-order valence-corrected chi connectivity index (χ1v) is 7.20. The van der Waals surface area contributed by atoms with Gasteiger partial charge in [0.2, 0.25) is 6.04 Å². The first-order chi connectivity index (χ1) is 10.4. The normalized spacial score (nSPS) is 11.9. The second-order valence-electron chi connectivity index (χ2n) is 5.19. The van der Waals surface area contributed by atoms with Crippen LogP contribution in [0.1, 0.15) is 13.0 Å². The molecule has 0 bridgehead atoms. The fourth-order valence-electron chi connectivity index (χ4n) is 1.95. The predicted octanol–water partition coefficient (Wildman–Crippen LogP) is 3.03. The Labute approximate surface area is 134 Å². The van der Waals surface area contributed by atoms with E-state index in [-0.39, 0.29) is 10.9 Å². The maximum atomic E-state index is 13.0. The summed E-state index contributed by atoms with van der Waals surface area (Å²) in [6.07, 6.45) is 3.68. The van der Waals surface area contributed by atoms with Gasteiger partial charge in [-0.05, 0) is 18.2 Å². The van der Waals surface area contributed by atoms with Crippen molar-refractivity contribution < 1.29 is 13.8 Å². The van der Waals surface area contributed by atoms with Crippen LogP contribution in [0.2, 0.25) is 5.02 Å². The van der Waals surface area contributed by atoms with Gasteiger partial charge in [-0.3, -0.25) is 4.79 Å². The molecule has 0 aliphatic carbocycles. The number of anilines is 2. The van der Waals surface area contributed by atoms with Crippen LogP contribution in [0.3, 0.4) is 0 Å². The molecular weight excluding hydrogens is 305 g/mol. The van der Waals surface area contributed by atoms with E-state index in [4.69, 9.17) is 11.6 Å². The van der Waals surface area contributed by atoms with Crippen LogP contribution in [-0.2, 0) is 4.79 Å². The third kappa shape index (κ3) is 3.74. The molecule has 0 aliphatic heterocycles. The maximum absolute atomic E-state index is 13.0. The summed E-state index contributed by atoms with van der Waals surface area (Å²) >= 11 is 5.91. The molecule has 6 heteroatoms. The fraction of sp³-hybridized carbons (Fsp3) is 0.250. The van der Waals surface area contributed by atoms with Gasteiger partial charge in [0.1, 0.15) is 5.82 Å². The Morgan fingerprint density at radius 3 is 2.45 bits per heavy atom. The van der Waals surface area contributed by atoms with Gasteiger partial charge in [-0.25, -0.2) is 4.39 Å². The van der Waals surface area contributed by atoms with E-state index in [9.17, 15) is 9.18 Å². The average Bonchev–Trinajstić information content (AvgIpc) is 2.49. The molecule has 1 amide bonds. The van der Waals surface area contributed by atoms with E-state index in [0.29, 0.717) is 5.69 Å². The highest BCUT2D eigenvalue weighted by atomic mass is 35.5. The Bertz CT molecular complexity index is 674. The number of benzene rings is 1. The van der Waals surface area contributed by atoms with Crippen molar-refractivity contribution in [1.82, 2.24) is 0 Å². The zero-order valence-corrected chi connectivity index (χ0v) is 13.4. The molecule has 2 rings (SSSR count). The summed E-state index contributed by atoms with van der Waals surface area (Å²) in [6.45, 7) is 1.78. The summed E-state index contributed by atoms with van der Waals surface area (Å²) in [7, 11) is 3.90. The fourth-order valence-corrected chi connectivity index (χ4v) is 2.16. The van der Waals surface area contributed by atoms with E-state index in [1.54, 1.807) is 11.5 Å². The highest BCUT2D eigenvalue weighted by molar-refractivity contribution is 6.33. The molecule has 4 nitrogen and oxygen atoms in total. The Hall–Kier alpha value is -2.14. The van der Waals surface area contributed by atoms with Crippen molar-refractivity contribution in [3.05, 3.63) is 53.6 Å². The van der Waals surface area contributed by atoms with Crippen LogP contribution in [0.15, 0.2) is 42.7 Å². The third-order valence-corrected chi connectivity index (χ3v) is 3.68. The molecule has 1 N–H and O–H groups in total. The van der Waals surface area contributed by atoms with Gasteiger partial charge in [-0.2, -0.15) is 4.57 Å². The number of aromatic nitrogens is 1. The van der Waals surface area contributed by atoms with E-state index < -0.39 is 11.9 Å². The molecule has 0 radical (unpaired) electrons. The van der Waals surface area contributed by atoms with Crippen LogP contribution in [0, 0.1) is 5.82 Å². The van der Waals surface area contributed by atoms with Crippen LogP contribution in [0.25, 0.3) is 0 Å². The van der Waals surface area contributed by atoms with Gasteiger partial charge in [0.15, 0.2) is 12.4 Å². The van der Waals surface area contributed by atoms with E-state index in [0.717, 1.165) is 5.69 Å². The standard InChI is InChI=1S/C16H17ClFN3O/c1-11(21-8-6-13(7-9-21)20(2)3)16(22)19-15-5-4-12(18)10-14(15)17/h4-11H,1-3H3/p+1/t11-/m0/s1. The molecule has 2 aromatic rings. The second-order valence-corrected chi connectivity index (χ2v) is 5.59. The van der Waals surface area contributed by atoms with Crippen molar-refractivity contribution in [1.29, 1.82) is 0 Å². The number of nitrogens with zero attached hydrogens (tertiary/aromatic N) is 2. The van der Waals surface area contributed by atoms with Crippen molar-refractivity contribution in [2.75, 3.05) is 24.3 Å². The van der Waals surface area contributed by atoms with Gasteiger partial charge in [0.05, 0.1) is 10.7 Å². The van der Waals surface area contributed by atoms with Gasteiger partial charge >= 0.3 is 0 Å². The lowest BCUT2D eigenvalue weighted by molar-refractivity contribution is -0.705. The third-order valence-electron chi connectivity index (χ3n) is 3.37. The molecular formula is C16H18ClFN3O+. The number of hydrogen-bond acceptors (Lipinski definition) is 2. The smallest absolute Gasteiger partial charge is 0.293 e. The molecule has 1 aromatic carbocycles. The van der Waals surface area contributed by atoms with E-state index in [2.05, 4.69) is 5.32 Å². The molecule has 1 atom stereocenters. The lowest BCUT2D eigenvalue weighted by Gasteiger charge is -2.13. The Kier molecular flexibility index (Phi) is 4.98. The van der Waals surface area contributed by atoms with Gasteiger partial charge in [-0.15, -0.1) is 0 Å². The molecule has 0 aliphatic rings. The number of carbonyl (C=O) groups excluding carboxylic acids is 1. The number of amides is 1. The summed E-state index contributed by atoms with van der Waals surface area (Å²) < 4.78 is 14.8. The van der Waals surface area contributed by atoms with E-state index >= 15 is 0 Å². The van der Waals surface area contributed by atoms with Gasteiger partial charge in [0, 0.05) is 38.8 Å². The van der Waals surface area contributed by atoms with Crippen molar-refractivity contribution in [3.63, 3.8) is 0 Å². The van der Waals surface area contributed by atoms with Crippen LogP contribution in [0.4, 0.5) is 15.8 Å². The number of pyridine rings is 1. The molecule has 0 fully saturated rings. The van der Waals surface area contributed by atoms with Gasteiger partial charge in [-0.1, -0.05) is 11.6 Å². The minimum absolute atomic E-state index is 0.175.